The van der Waals surface area contributed by atoms with Crippen LogP contribution < -0.4 is 0 Å². The highest BCUT2D eigenvalue weighted by Gasteiger charge is 2.11. The fourth-order valence-electron chi connectivity index (χ4n) is 1.45. The maximum atomic E-state index is 11.5. The van der Waals surface area contributed by atoms with Crippen LogP contribution in [-0.2, 0) is 4.74 Å². The zero-order valence-corrected chi connectivity index (χ0v) is 12.8. The molecule has 0 aliphatic heterocycles. The number of benzene rings is 1. The molecule has 0 spiro atoms. The van der Waals surface area contributed by atoms with E-state index in [1.54, 1.807) is 6.92 Å². The number of fused-ring (bicyclic) bond motifs is 1. The number of aromatic nitrogens is 1. The number of nitrogens with one attached hydrogen (secondary N) is 1. The van der Waals surface area contributed by atoms with Crippen LogP contribution in [0.25, 0.3) is 10.9 Å². The first-order valence-electron chi connectivity index (χ1n) is 4.76. The SMILES string of the molecule is CCOC(=O)c1cc2cc(I)c(I)cc2[nH]1. The molecule has 0 aliphatic rings. The summed E-state index contributed by atoms with van der Waals surface area (Å²) in [5.41, 5.74) is 1.47. The molecule has 16 heavy (non-hydrogen) atoms. The predicted octanol–water partition coefficient (Wildman–Crippen LogP) is 3.55. The van der Waals surface area contributed by atoms with E-state index >= 15 is 0 Å². The molecule has 0 aliphatic carbocycles. The van der Waals surface area contributed by atoms with Gasteiger partial charge >= 0.3 is 5.97 Å². The van der Waals surface area contributed by atoms with Gasteiger partial charge in [-0.1, -0.05) is 0 Å². The second-order valence-electron chi connectivity index (χ2n) is 3.26. The van der Waals surface area contributed by atoms with Crippen LogP contribution in [0.15, 0.2) is 18.2 Å². The molecule has 84 valence electrons. The molecule has 0 fully saturated rings. The maximum Gasteiger partial charge on any atom is 0.354 e. The molecule has 1 aromatic heterocycles. The smallest absolute Gasteiger partial charge is 0.354 e. The first-order chi connectivity index (χ1) is 7.61. The highest BCUT2D eigenvalue weighted by Crippen LogP contribution is 2.23. The zero-order chi connectivity index (χ0) is 11.7. The van der Waals surface area contributed by atoms with Crippen LogP contribution in [0.2, 0.25) is 0 Å². The molecule has 0 saturated heterocycles. The van der Waals surface area contributed by atoms with E-state index in [0.29, 0.717) is 12.3 Å². The minimum Gasteiger partial charge on any atom is -0.461 e. The summed E-state index contributed by atoms with van der Waals surface area (Å²) in [6.07, 6.45) is 0. The molecule has 2 rings (SSSR count). The summed E-state index contributed by atoms with van der Waals surface area (Å²) >= 11 is 4.55. The van der Waals surface area contributed by atoms with Crippen molar-refractivity contribution in [3.05, 3.63) is 31.0 Å². The molecule has 0 atom stereocenters. The average Bonchev–Trinajstić information content (AvgIpc) is 2.62. The third kappa shape index (κ3) is 2.34. The van der Waals surface area contributed by atoms with Crippen LogP contribution in [0.1, 0.15) is 17.4 Å². The molecule has 1 aromatic carbocycles. The van der Waals surface area contributed by atoms with Gasteiger partial charge in [-0.25, -0.2) is 4.79 Å². The van der Waals surface area contributed by atoms with Crippen LogP contribution in [-0.4, -0.2) is 17.6 Å². The van der Waals surface area contributed by atoms with Crippen LogP contribution in [0.4, 0.5) is 0 Å². The van der Waals surface area contributed by atoms with Crippen LogP contribution >= 0.6 is 45.2 Å². The van der Waals surface area contributed by atoms with Crippen LogP contribution in [0, 0.1) is 7.14 Å². The van der Waals surface area contributed by atoms with Gasteiger partial charge in [0.15, 0.2) is 0 Å². The van der Waals surface area contributed by atoms with E-state index in [1.165, 1.54) is 7.14 Å². The summed E-state index contributed by atoms with van der Waals surface area (Å²) in [5.74, 6) is -0.302. The summed E-state index contributed by atoms with van der Waals surface area (Å²) in [6.45, 7) is 2.19. The predicted molar refractivity (Wildman–Crippen MR) is 79.7 cm³/mol. The van der Waals surface area contributed by atoms with Crippen molar-refractivity contribution in [2.24, 2.45) is 0 Å². The third-order valence-electron chi connectivity index (χ3n) is 2.16. The summed E-state index contributed by atoms with van der Waals surface area (Å²) in [6, 6.07) is 5.91. The Labute approximate surface area is 120 Å². The van der Waals surface area contributed by atoms with Crippen molar-refractivity contribution in [2.45, 2.75) is 6.92 Å². The number of hydrogen-bond acceptors (Lipinski definition) is 2. The minimum absolute atomic E-state index is 0.302. The van der Waals surface area contributed by atoms with E-state index < -0.39 is 0 Å². The molecule has 1 heterocycles. The first-order valence-corrected chi connectivity index (χ1v) is 6.92. The van der Waals surface area contributed by atoms with Crippen molar-refractivity contribution in [3.63, 3.8) is 0 Å². The number of hydrogen-bond donors (Lipinski definition) is 1. The van der Waals surface area contributed by atoms with Gasteiger partial charge in [0.2, 0.25) is 0 Å². The van der Waals surface area contributed by atoms with Gasteiger partial charge in [0.25, 0.3) is 0 Å². The summed E-state index contributed by atoms with van der Waals surface area (Å²) < 4.78 is 7.29. The van der Waals surface area contributed by atoms with Gasteiger partial charge in [0.05, 0.1) is 6.61 Å². The Morgan fingerprint density at radius 3 is 2.69 bits per heavy atom. The Balaban J connectivity index is 2.48. The van der Waals surface area contributed by atoms with Gasteiger partial charge in [-0.15, -0.1) is 0 Å². The van der Waals surface area contributed by atoms with Crippen molar-refractivity contribution in [3.8, 4) is 0 Å². The largest absolute Gasteiger partial charge is 0.461 e. The van der Waals surface area contributed by atoms with Gasteiger partial charge in [-0.3, -0.25) is 0 Å². The molecule has 0 unspecified atom stereocenters. The first kappa shape index (κ1) is 12.2. The molecule has 3 nitrogen and oxygen atoms in total. The minimum atomic E-state index is -0.302. The molecular weight excluding hydrogens is 432 g/mol. The topological polar surface area (TPSA) is 42.1 Å². The standard InChI is InChI=1S/C11H9I2NO2/c1-2-16-11(15)10-4-6-3-7(12)8(13)5-9(6)14-10/h3-5,14H,2H2,1H3. The summed E-state index contributed by atoms with van der Waals surface area (Å²) in [4.78, 5) is 14.6. The summed E-state index contributed by atoms with van der Waals surface area (Å²) in [7, 11) is 0. The van der Waals surface area contributed by atoms with Crippen molar-refractivity contribution < 1.29 is 9.53 Å². The van der Waals surface area contributed by atoms with Crippen molar-refractivity contribution in [1.82, 2.24) is 4.98 Å². The number of esters is 1. The Morgan fingerprint density at radius 1 is 1.31 bits per heavy atom. The Morgan fingerprint density at radius 2 is 2.00 bits per heavy atom. The molecule has 0 saturated carbocycles. The van der Waals surface area contributed by atoms with Crippen molar-refractivity contribution >= 4 is 62.1 Å². The second kappa shape index (κ2) is 4.91. The average molecular weight is 441 g/mol. The van der Waals surface area contributed by atoms with Gasteiger partial charge < -0.3 is 9.72 Å². The fraction of sp³-hybridized carbons (Fsp3) is 0.182. The second-order valence-corrected chi connectivity index (χ2v) is 5.58. The third-order valence-corrected chi connectivity index (χ3v) is 4.97. The lowest BCUT2D eigenvalue weighted by atomic mass is 10.2. The van der Waals surface area contributed by atoms with E-state index in [4.69, 9.17) is 4.74 Å². The normalized spacial score (nSPS) is 10.7. The van der Waals surface area contributed by atoms with Crippen molar-refractivity contribution in [1.29, 1.82) is 0 Å². The van der Waals surface area contributed by atoms with E-state index in [0.717, 1.165) is 10.9 Å². The number of rotatable bonds is 2. The lowest BCUT2D eigenvalue weighted by Crippen LogP contribution is -2.04. The van der Waals surface area contributed by atoms with Gasteiger partial charge in [-0.2, -0.15) is 0 Å². The molecule has 5 heteroatoms. The Kier molecular flexibility index (Phi) is 3.73. The van der Waals surface area contributed by atoms with Crippen molar-refractivity contribution in [2.75, 3.05) is 6.61 Å². The number of carbonyl (C=O) groups excluding carboxylic acids is 1. The number of halogens is 2. The Hall–Kier alpha value is -0.310. The van der Waals surface area contributed by atoms with E-state index in [1.807, 2.05) is 12.1 Å². The number of H-pyrrole nitrogens is 1. The van der Waals surface area contributed by atoms with Gasteiger partial charge in [0, 0.05) is 18.0 Å². The highest BCUT2D eigenvalue weighted by atomic mass is 127. The van der Waals surface area contributed by atoms with E-state index in [9.17, 15) is 4.79 Å². The lowest BCUT2D eigenvalue weighted by Gasteiger charge is -1.97. The van der Waals surface area contributed by atoms with Gasteiger partial charge in [0.1, 0.15) is 5.69 Å². The van der Waals surface area contributed by atoms with Crippen LogP contribution in [0.3, 0.4) is 0 Å². The number of carbonyl (C=O) groups is 1. The summed E-state index contributed by atoms with van der Waals surface area (Å²) in [5, 5.41) is 1.04. The number of aromatic amines is 1. The Bertz CT molecular complexity index is 509. The lowest BCUT2D eigenvalue weighted by molar-refractivity contribution is 0.0520. The maximum absolute atomic E-state index is 11.5. The molecule has 2 aromatic rings. The number of ether oxygens (including phenoxy) is 1. The molecular formula is C11H9I2NO2. The fourth-order valence-corrected chi connectivity index (χ4v) is 2.40. The molecule has 1 N–H and O–H groups in total. The quantitative estimate of drug-likeness (QED) is 0.573. The monoisotopic (exact) mass is 441 g/mol. The van der Waals surface area contributed by atoms with E-state index in [-0.39, 0.29) is 5.97 Å². The molecule has 0 amide bonds. The molecule has 0 bridgehead atoms. The zero-order valence-electron chi connectivity index (χ0n) is 8.51. The van der Waals surface area contributed by atoms with Gasteiger partial charge in [-0.05, 0) is 70.3 Å². The molecule has 0 radical (unpaired) electrons. The van der Waals surface area contributed by atoms with Crippen LogP contribution in [0.5, 0.6) is 0 Å². The highest BCUT2D eigenvalue weighted by molar-refractivity contribution is 14.1. The van der Waals surface area contributed by atoms with E-state index in [2.05, 4.69) is 56.2 Å².